The first kappa shape index (κ1) is 19.2. The first-order valence-electron chi connectivity index (χ1n) is 8.45. The van der Waals surface area contributed by atoms with Crippen molar-refractivity contribution in [3.8, 4) is 11.3 Å². The number of aromatic carboxylic acids is 1. The number of thioether (sulfide) groups is 1. The lowest BCUT2D eigenvalue weighted by Crippen LogP contribution is -2.22. The molecule has 1 N–H and O–H groups in total. The number of carbonyl (C=O) groups excluding carboxylic acids is 2. The summed E-state index contributed by atoms with van der Waals surface area (Å²) in [5.41, 5.74) is 1.16. The summed E-state index contributed by atoms with van der Waals surface area (Å²) in [4.78, 5) is 28.4. The van der Waals surface area contributed by atoms with Gasteiger partial charge in [0.05, 0.1) is 16.6 Å². The molecule has 1 aromatic heterocycles. The standard InChI is InChI=1S/C21H13BrN2O4S/c22-12-4-3-5-13(10-12)23-21-24-19(25)18(29-21)11-14-8-9-17(28-14)15-6-1-2-7-16(15)20(26)27/h1-11H,(H,26,27)(H,23,24,25)/p-1/b18-11-. The van der Waals surface area contributed by atoms with E-state index in [2.05, 4.69) is 26.2 Å². The first-order valence-corrected chi connectivity index (χ1v) is 10.1. The van der Waals surface area contributed by atoms with Gasteiger partial charge < -0.3 is 19.6 Å². The van der Waals surface area contributed by atoms with Gasteiger partial charge in [-0.1, -0.05) is 46.3 Å². The Morgan fingerprint density at radius 3 is 2.76 bits per heavy atom. The third-order valence-electron chi connectivity index (χ3n) is 4.00. The number of benzene rings is 2. The molecule has 2 heterocycles. The molecular formula is C21H12BrN2O4S-. The van der Waals surface area contributed by atoms with E-state index in [4.69, 9.17) is 4.42 Å². The number of hydrogen-bond donors (Lipinski definition) is 1. The summed E-state index contributed by atoms with van der Waals surface area (Å²) in [6.07, 6.45) is 1.59. The molecule has 1 aliphatic heterocycles. The van der Waals surface area contributed by atoms with Crippen molar-refractivity contribution in [1.29, 1.82) is 0 Å². The van der Waals surface area contributed by atoms with Crippen LogP contribution in [0.2, 0.25) is 0 Å². The molecule has 8 heteroatoms. The highest BCUT2D eigenvalue weighted by Gasteiger charge is 2.24. The number of nitrogens with one attached hydrogen (secondary N) is 1. The summed E-state index contributed by atoms with van der Waals surface area (Å²) in [5.74, 6) is -0.759. The molecule has 0 bridgehead atoms. The summed E-state index contributed by atoms with van der Waals surface area (Å²) >= 11 is 4.59. The van der Waals surface area contributed by atoms with Gasteiger partial charge in [0.2, 0.25) is 0 Å². The van der Waals surface area contributed by atoms with E-state index in [1.54, 1.807) is 36.4 Å². The maximum atomic E-state index is 12.2. The minimum atomic E-state index is -1.28. The lowest BCUT2D eigenvalue weighted by Gasteiger charge is -2.07. The summed E-state index contributed by atoms with van der Waals surface area (Å²) < 4.78 is 6.63. The highest BCUT2D eigenvalue weighted by molar-refractivity contribution is 9.10. The Morgan fingerprint density at radius 1 is 1.14 bits per heavy atom. The Morgan fingerprint density at radius 2 is 1.97 bits per heavy atom. The topological polar surface area (TPSA) is 94.7 Å². The number of halogens is 1. The summed E-state index contributed by atoms with van der Waals surface area (Å²) in [5, 5.41) is 14.5. The molecule has 3 aromatic rings. The number of carbonyl (C=O) groups is 2. The SMILES string of the molecule is O=C1NC(=Nc2cccc(Br)c2)S/C1=C\c1ccc(-c2ccccc2C(=O)[O-])o1. The van der Waals surface area contributed by atoms with E-state index in [0.29, 0.717) is 32.8 Å². The molecule has 6 nitrogen and oxygen atoms in total. The van der Waals surface area contributed by atoms with Crippen molar-refractivity contribution in [2.75, 3.05) is 0 Å². The van der Waals surface area contributed by atoms with Crippen LogP contribution in [0.25, 0.3) is 17.4 Å². The number of hydrogen-bond acceptors (Lipinski definition) is 6. The van der Waals surface area contributed by atoms with Gasteiger partial charge in [0.1, 0.15) is 11.5 Å². The van der Waals surface area contributed by atoms with Crippen LogP contribution in [-0.4, -0.2) is 17.0 Å². The van der Waals surface area contributed by atoms with Crippen molar-refractivity contribution < 1.29 is 19.1 Å². The third-order valence-corrected chi connectivity index (χ3v) is 5.41. The van der Waals surface area contributed by atoms with E-state index in [9.17, 15) is 14.7 Å². The Labute approximate surface area is 178 Å². The Hall–Kier alpha value is -3.10. The molecule has 0 unspecified atom stereocenters. The van der Waals surface area contributed by atoms with Crippen molar-refractivity contribution in [3.63, 3.8) is 0 Å². The molecule has 1 amide bonds. The fourth-order valence-electron chi connectivity index (χ4n) is 2.72. The van der Waals surface area contributed by atoms with Crippen LogP contribution in [0.4, 0.5) is 5.69 Å². The Bertz CT molecular complexity index is 1180. The maximum absolute atomic E-state index is 12.2. The predicted molar refractivity (Wildman–Crippen MR) is 113 cm³/mol. The number of amidine groups is 1. The number of carboxylic acid groups (broad SMARTS) is 1. The molecule has 29 heavy (non-hydrogen) atoms. The zero-order valence-corrected chi connectivity index (χ0v) is 17.1. The lowest BCUT2D eigenvalue weighted by molar-refractivity contribution is -0.254. The monoisotopic (exact) mass is 467 g/mol. The molecular weight excluding hydrogens is 456 g/mol. The Kier molecular flexibility index (Phi) is 5.37. The van der Waals surface area contributed by atoms with Crippen LogP contribution in [0, 0.1) is 0 Å². The molecule has 1 aliphatic rings. The number of amides is 1. The van der Waals surface area contributed by atoms with Crippen molar-refractivity contribution in [2.24, 2.45) is 4.99 Å². The van der Waals surface area contributed by atoms with Gasteiger partial charge in [0.15, 0.2) is 5.17 Å². The van der Waals surface area contributed by atoms with Crippen molar-refractivity contribution >= 4 is 56.5 Å². The number of rotatable bonds is 4. The van der Waals surface area contributed by atoms with Gasteiger partial charge >= 0.3 is 0 Å². The number of nitrogens with zero attached hydrogens (tertiary/aromatic N) is 1. The number of furan rings is 1. The van der Waals surface area contributed by atoms with Gasteiger partial charge in [0, 0.05) is 21.7 Å². The minimum absolute atomic E-state index is 0.0393. The largest absolute Gasteiger partial charge is 0.545 e. The summed E-state index contributed by atoms with van der Waals surface area (Å²) in [6.45, 7) is 0. The zero-order chi connectivity index (χ0) is 20.4. The number of aliphatic imine (C=N–C) groups is 1. The van der Waals surface area contributed by atoms with Crippen LogP contribution in [0.3, 0.4) is 0 Å². The van der Waals surface area contributed by atoms with Crippen LogP contribution in [0.15, 0.2) is 79.5 Å². The first-order chi connectivity index (χ1) is 14.0. The van der Waals surface area contributed by atoms with Crippen molar-refractivity contribution in [2.45, 2.75) is 0 Å². The summed E-state index contributed by atoms with van der Waals surface area (Å²) in [7, 11) is 0. The predicted octanol–water partition coefficient (Wildman–Crippen LogP) is 3.96. The van der Waals surface area contributed by atoms with Gasteiger partial charge in [-0.25, -0.2) is 4.99 Å². The molecule has 2 aromatic carbocycles. The molecule has 4 rings (SSSR count). The van der Waals surface area contributed by atoms with Gasteiger partial charge in [-0.2, -0.15) is 0 Å². The number of carboxylic acids is 1. The molecule has 0 saturated carbocycles. The van der Waals surface area contributed by atoms with Crippen LogP contribution in [0.1, 0.15) is 16.1 Å². The lowest BCUT2D eigenvalue weighted by atomic mass is 10.1. The smallest absolute Gasteiger partial charge is 0.264 e. The van der Waals surface area contributed by atoms with Gasteiger partial charge in [-0.3, -0.25) is 4.79 Å². The normalized spacial score (nSPS) is 16.4. The average Bonchev–Trinajstić information content (AvgIpc) is 3.29. The van der Waals surface area contributed by atoms with E-state index >= 15 is 0 Å². The molecule has 144 valence electrons. The second kappa shape index (κ2) is 8.10. The third kappa shape index (κ3) is 4.33. The van der Waals surface area contributed by atoms with E-state index in [0.717, 1.165) is 4.47 Å². The Balaban J connectivity index is 1.58. The quantitative estimate of drug-likeness (QED) is 0.585. The van der Waals surface area contributed by atoms with Gasteiger partial charge in [-0.15, -0.1) is 0 Å². The molecule has 1 fully saturated rings. The van der Waals surface area contributed by atoms with E-state index in [-0.39, 0.29) is 11.5 Å². The van der Waals surface area contributed by atoms with E-state index in [1.165, 1.54) is 17.8 Å². The van der Waals surface area contributed by atoms with Gasteiger partial charge in [-0.05, 0) is 42.1 Å². The van der Waals surface area contributed by atoms with Crippen molar-refractivity contribution in [1.82, 2.24) is 5.32 Å². The average molecular weight is 468 g/mol. The van der Waals surface area contributed by atoms with Crippen LogP contribution in [-0.2, 0) is 4.79 Å². The van der Waals surface area contributed by atoms with E-state index < -0.39 is 5.97 Å². The molecule has 1 saturated heterocycles. The second-order valence-electron chi connectivity index (χ2n) is 6.00. The van der Waals surface area contributed by atoms with Crippen LogP contribution in [0.5, 0.6) is 0 Å². The highest BCUT2D eigenvalue weighted by Crippen LogP contribution is 2.31. The fourth-order valence-corrected chi connectivity index (χ4v) is 3.93. The molecule has 0 atom stereocenters. The van der Waals surface area contributed by atoms with Crippen molar-refractivity contribution in [3.05, 3.63) is 81.4 Å². The highest BCUT2D eigenvalue weighted by atomic mass is 79.9. The van der Waals surface area contributed by atoms with E-state index in [1.807, 2.05) is 24.3 Å². The fraction of sp³-hybridized carbons (Fsp3) is 0. The summed E-state index contributed by atoms with van der Waals surface area (Å²) in [6, 6.07) is 17.2. The minimum Gasteiger partial charge on any atom is -0.545 e. The van der Waals surface area contributed by atoms with Crippen LogP contribution >= 0.6 is 27.7 Å². The van der Waals surface area contributed by atoms with Gasteiger partial charge in [0.25, 0.3) is 5.91 Å². The van der Waals surface area contributed by atoms with Crippen LogP contribution < -0.4 is 10.4 Å². The molecule has 0 aliphatic carbocycles. The second-order valence-corrected chi connectivity index (χ2v) is 7.94. The molecule has 0 radical (unpaired) electrons. The zero-order valence-electron chi connectivity index (χ0n) is 14.7. The molecule has 0 spiro atoms. The maximum Gasteiger partial charge on any atom is 0.264 e.